The summed E-state index contributed by atoms with van der Waals surface area (Å²) in [6, 6.07) is 0. The van der Waals surface area contributed by atoms with Crippen LogP contribution in [0.5, 0.6) is 0 Å². The van der Waals surface area contributed by atoms with Crippen LogP contribution in [-0.4, -0.2) is 17.9 Å². The quantitative estimate of drug-likeness (QED) is 0.333. The minimum atomic E-state index is -0.0722. The van der Waals surface area contributed by atoms with Crippen molar-refractivity contribution in [2.75, 3.05) is 11.9 Å². The minimum Gasteiger partial charge on any atom is -0.466 e. The second kappa shape index (κ2) is 10.6. The highest BCUT2D eigenvalue weighted by atomic mass is 79.9. The maximum Gasteiger partial charge on any atom is 0.308 e. The van der Waals surface area contributed by atoms with Gasteiger partial charge >= 0.3 is 5.97 Å². The van der Waals surface area contributed by atoms with Gasteiger partial charge in [-0.25, -0.2) is 4.85 Å². The summed E-state index contributed by atoms with van der Waals surface area (Å²) in [4.78, 5) is 14.9. The van der Waals surface area contributed by atoms with Crippen LogP contribution in [0, 0.1) is 24.8 Å². The fourth-order valence-electron chi connectivity index (χ4n) is 1.90. The van der Waals surface area contributed by atoms with Crippen LogP contribution in [0.25, 0.3) is 4.85 Å². The van der Waals surface area contributed by atoms with Crippen LogP contribution in [0.2, 0.25) is 0 Å². The molecule has 3 nitrogen and oxygen atoms in total. The zero-order chi connectivity index (χ0) is 14.7. The van der Waals surface area contributed by atoms with E-state index in [4.69, 9.17) is 17.7 Å². The number of terminal acetylenes is 1. The van der Waals surface area contributed by atoms with E-state index < -0.39 is 0 Å². The molecule has 19 heavy (non-hydrogen) atoms. The lowest BCUT2D eigenvalue weighted by Crippen LogP contribution is -2.21. The predicted octanol–water partition coefficient (Wildman–Crippen LogP) is 3.95. The molecule has 0 bridgehead atoms. The van der Waals surface area contributed by atoms with Gasteiger partial charge < -0.3 is 4.74 Å². The maximum atomic E-state index is 11.4. The molecule has 104 valence electrons. The van der Waals surface area contributed by atoms with Gasteiger partial charge in [0.15, 0.2) is 5.70 Å². The van der Waals surface area contributed by atoms with E-state index in [9.17, 15) is 4.79 Å². The predicted molar refractivity (Wildman–Crippen MR) is 80.5 cm³/mol. The van der Waals surface area contributed by atoms with Gasteiger partial charge in [-0.1, -0.05) is 27.4 Å². The van der Waals surface area contributed by atoms with Crippen molar-refractivity contribution in [1.29, 1.82) is 0 Å². The normalized spacial score (nSPS) is 17.3. The van der Waals surface area contributed by atoms with Crippen molar-refractivity contribution in [2.24, 2.45) is 5.92 Å². The van der Waals surface area contributed by atoms with E-state index in [0.717, 1.165) is 31.4 Å². The summed E-state index contributed by atoms with van der Waals surface area (Å²) >= 11 is 3.01. The van der Waals surface area contributed by atoms with Gasteiger partial charge in [-0.2, -0.15) is 0 Å². The van der Waals surface area contributed by atoms with Gasteiger partial charge in [0, 0.05) is 0 Å². The number of esters is 1. The number of carbonyl (C=O) groups is 1. The van der Waals surface area contributed by atoms with Crippen molar-refractivity contribution in [1.82, 2.24) is 0 Å². The SMILES string of the molecule is C#CCBr.[C-]#[N+]C(C)=C1CCC(C(=O)OCC)CC1. The third-order valence-electron chi connectivity index (χ3n) is 2.97. The summed E-state index contributed by atoms with van der Waals surface area (Å²) in [5, 5.41) is 0.660. The van der Waals surface area contributed by atoms with Gasteiger partial charge in [-0.3, -0.25) is 4.79 Å². The van der Waals surface area contributed by atoms with Crippen molar-refractivity contribution in [2.45, 2.75) is 39.5 Å². The Bertz CT molecular complexity index is 391. The Balaban J connectivity index is 0.000000711. The Labute approximate surface area is 124 Å². The Morgan fingerprint density at radius 1 is 1.58 bits per heavy atom. The van der Waals surface area contributed by atoms with Crippen molar-refractivity contribution >= 4 is 21.9 Å². The van der Waals surface area contributed by atoms with Crippen molar-refractivity contribution in [3.8, 4) is 12.3 Å². The third kappa shape index (κ3) is 7.03. The Kier molecular flexibility index (Phi) is 9.94. The molecule has 1 saturated carbocycles. The highest BCUT2D eigenvalue weighted by Gasteiger charge is 2.24. The van der Waals surface area contributed by atoms with Crippen molar-refractivity contribution < 1.29 is 9.53 Å². The van der Waals surface area contributed by atoms with E-state index in [2.05, 4.69) is 26.7 Å². The first-order valence-electron chi connectivity index (χ1n) is 6.32. The molecule has 1 rings (SSSR count). The number of halogens is 1. The third-order valence-corrected chi connectivity index (χ3v) is 3.29. The van der Waals surface area contributed by atoms with E-state index in [1.54, 1.807) is 0 Å². The van der Waals surface area contributed by atoms with Gasteiger partial charge in [0.05, 0.1) is 24.4 Å². The van der Waals surface area contributed by atoms with Crippen LogP contribution in [0.4, 0.5) is 0 Å². The number of rotatable bonds is 2. The first-order valence-corrected chi connectivity index (χ1v) is 7.44. The molecular weight excluding hydrogens is 306 g/mol. The second-order valence-corrected chi connectivity index (χ2v) is 4.73. The molecule has 0 aromatic rings. The average molecular weight is 326 g/mol. The van der Waals surface area contributed by atoms with Gasteiger partial charge in [-0.05, 0) is 39.5 Å². The standard InChI is InChI=1S/C12H17NO2.C3H3Br/c1-4-15-12(14)11-7-5-10(6-8-11)9(2)13-3;1-2-3-4/h11H,4-8H2,1-2H3;1H,3H2. The van der Waals surface area contributed by atoms with Crippen LogP contribution >= 0.6 is 15.9 Å². The zero-order valence-electron chi connectivity index (χ0n) is 11.5. The Morgan fingerprint density at radius 3 is 2.47 bits per heavy atom. The molecule has 0 saturated heterocycles. The molecule has 0 aliphatic heterocycles. The lowest BCUT2D eigenvalue weighted by atomic mass is 9.85. The summed E-state index contributed by atoms with van der Waals surface area (Å²) in [5.74, 6) is 2.32. The molecule has 0 aromatic carbocycles. The van der Waals surface area contributed by atoms with Crippen LogP contribution in [0.3, 0.4) is 0 Å². The van der Waals surface area contributed by atoms with Gasteiger partial charge in [0.25, 0.3) is 0 Å². The summed E-state index contributed by atoms with van der Waals surface area (Å²) in [5.41, 5.74) is 2.02. The Morgan fingerprint density at radius 2 is 2.11 bits per heavy atom. The first kappa shape index (κ1) is 17.7. The molecule has 4 heteroatoms. The van der Waals surface area contributed by atoms with Gasteiger partial charge in [0.2, 0.25) is 0 Å². The fraction of sp³-hybridized carbons (Fsp3) is 0.600. The largest absolute Gasteiger partial charge is 0.466 e. The number of nitrogens with zero attached hydrogens (tertiary/aromatic N) is 1. The van der Waals surface area contributed by atoms with Crippen LogP contribution in [0.15, 0.2) is 11.3 Å². The summed E-state index contributed by atoms with van der Waals surface area (Å²) < 4.78 is 4.99. The van der Waals surface area contributed by atoms with Crippen LogP contribution in [0.1, 0.15) is 39.5 Å². The second-order valence-electron chi connectivity index (χ2n) is 4.16. The molecule has 0 N–H and O–H groups in total. The highest BCUT2D eigenvalue weighted by Crippen LogP contribution is 2.31. The number of ether oxygens (including phenoxy) is 1. The maximum absolute atomic E-state index is 11.4. The minimum absolute atomic E-state index is 0.0484. The van der Waals surface area contributed by atoms with E-state index in [-0.39, 0.29) is 11.9 Å². The molecule has 0 unspecified atom stereocenters. The lowest BCUT2D eigenvalue weighted by molar-refractivity contribution is -0.148. The van der Waals surface area contributed by atoms with E-state index in [1.165, 1.54) is 5.57 Å². The number of hydrogen-bond acceptors (Lipinski definition) is 2. The van der Waals surface area contributed by atoms with Crippen molar-refractivity contribution in [3.05, 3.63) is 22.7 Å². The first-order chi connectivity index (χ1) is 9.10. The molecule has 0 aromatic heterocycles. The summed E-state index contributed by atoms with van der Waals surface area (Å²) in [6.07, 6.45) is 8.15. The molecule has 0 spiro atoms. The molecule has 0 atom stereocenters. The highest BCUT2D eigenvalue weighted by molar-refractivity contribution is 9.09. The van der Waals surface area contributed by atoms with Gasteiger partial charge in [0.1, 0.15) is 0 Å². The van der Waals surface area contributed by atoms with E-state index in [0.29, 0.717) is 11.9 Å². The summed E-state index contributed by atoms with van der Waals surface area (Å²) in [7, 11) is 0. The molecule has 0 amide bonds. The number of allylic oxidation sites excluding steroid dienone is 2. The van der Waals surface area contributed by atoms with Crippen molar-refractivity contribution in [3.63, 3.8) is 0 Å². The summed E-state index contributed by atoms with van der Waals surface area (Å²) in [6.45, 7) is 11.1. The molecular formula is C15H20BrNO2. The zero-order valence-corrected chi connectivity index (χ0v) is 13.1. The molecule has 1 aliphatic rings. The average Bonchev–Trinajstić information content (AvgIpc) is 2.47. The number of carbonyl (C=O) groups excluding carboxylic acids is 1. The number of alkyl halides is 1. The number of hydrogen-bond donors (Lipinski definition) is 0. The molecule has 0 heterocycles. The van der Waals surface area contributed by atoms with E-state index in [1.807, 2.05) is 13.8 Å². The Hall–Kier alpha value is -1.26. The molecule has 0 radical (unpaired) electrons. The molecule has 1 fully saturated rings. The molecule has 1 aliphatic carbocycles. The topological polar surface area (TPSA) is 30.7 Å². The van der Waals surface area contributed by atoms with Gasteiger partial charge in [-0.15, -0.1) is 6.42 Å². The lowest BCUT2D eigenvalue weighted by Gasteiger charge is -2.22. The smallest absolute Gasteiger partial charge is 0.308 e. The monoisotopic (exact) mass is 325 g/mol. The van der Waals surface area contributed by atoms with Crippen LogP contribution in [-0.2, 0) is 9.53 Å². The van der Waals surface area contributed by atoms with Crippen LogP contribution < -0.4 is 0 Å². The fourth-order valence-corrected chi connectivity index (χ4v) is 1.90. The van der Waals surface area contributed by atoms with E-state index >= 15 is 0 Å².